The topological polar surface area (TPSA) is 104 Å². The lowest BCUT2D eigenvalue weighted by atomic mass is 10.0. The number of benzene rings is 1. The molecule has 1 saturated heterocycles. The molecule has 1 N–H and O–H groups in total. The highest BCUT2D eigenvalue weighted by atomic mass is 19.4. The summed E-state index contributed by atoms with van der Waals surface area (Å²) in [7, 11) is 0. The SMILES string of the molecule is CC(C)c1cc(N2C(=O)CN(c3cncc(C(F)(F)F)c3)C2=O)ccc1Oc1ccnc2[nH]ncc12. The number of pyridine rings is 2. The second-order valence-electron chi connectivity index (χ2n) is 8.45. The Morgan fingerprint density at radius 3 is 2.58 bits per heavy atom. The minimum atomic E-state index is -4.63. The number of nitrogens with one attached hydrogen (secondary N) is 1. The van der Waals surface area contributed by atoms with Crippen molar-refractivity contribution in [2.24, 2.45) is 0 Å². The van der Waals surface area contributed by atoms with Gasteiger partial charge in [0.15, 0.2) is 5.65 Å². The molecule has 184 valence electrons. The van der Waals surface area contributed by atoms with Gasteiger partial charge in [0.1, 0.15) is 18.0 Å². The number of hydrogen-bond donors (Lipinski definition) is 1. The molecule has 0 radical (unpaired) electrons. The number of aromatic nitrogens is 4. The van der Waals surface area contributed by atoms with E-state index in [2.05, 4.69) is 20.2 Å². The molecule has 3 amide bonds. The third-order valence-electron chi connectivity index (χ3n) is 5.74. The largest absolute Gasteiger partial charge is 0.456 e. The van der Waals surface area contributed by atoms with Crippen LogP contribution in [0.5, 0.6) is 11.5 Å². The number of H-pyrrole nitrogens is 1. The quantitative estimate of drug-likeness (QED) is 0.378. The van der Waals surface area contributed by atoms with Crippen molar-refractivity contribution >= 4 is 34.3 Å². The first-order chi connectivity index (χ1) is 17.1. The molecule has 1 aliphatic rings. The van der Waals surface area contributed by atoms with E-state index < -0.39 is 30.2 Å². The maximum absolute atomic E-state index is 13.1. The number of hydrogen-bond acceptors (Lipinski definition) is 6. The first-order valence-electron chi connectivity index (χ1n) is 10.9. The van der Waals surface area contributed by atoms with Crippen molar-refractivity contribution in [3.05, 3.63) is 66.2 Å². The van der Waals surface area contributed by atoms with Crippen LogP contribution >= 0.6 is 0 Å². The molecule has 1 aromatic carbocycles. The van der Waals surface area contributed by atoms with Crippen LogP contribution < -0.4 is 14.5 Å². The fourth-order valence-corrected chi connectivity index (χ4v) is 3.94. The lowest BCUT2D eigenvalue weighted by Gasteiger charge is -2.20. The van der Waals surface area contributed by atoms with Crippen LogP contribution in [0.3, 0.4) is 0 Å². The highest BCUT2D eigenvalue weighted by Crippen LogP contribution is 2.37. The predicted octanol–water partition coefficient (Wildman–Crippen LogP) is 5.26. The average Bonchev–Trinajstić information content (AvgIpc) is 3.43. The average molecular weight is 496 g/mol. The van der Waals surface area contributed by atoms with Crippen LogP contribution in [-0.4, -0.2) is 38.6 Å². The Morgan fingerprint density at radius 2 is 1.83 bits per heavy atom. The molecule has 0 aliphatic carbocycles. The lowest BCUT2D eigenvalue weighted by Crippen LogP contribution is -2.33. The Hall–Kier alpha value is -4.48. The van der Waals surface area contributed by atoms with E-state index in [-0.39, 0.29) is 17.3 Å². The van der Waals surface area contributed by atoms with Crippen LogP contribution in [0.25, 0.3) is 11.0 Å². The number of urea groups is 1. The molecule has 4 heterocycles. The van der Waals surface area contributed by atoms with Gasteiger partial charge in [0.2, 0.25) is 0 Å². The molecule has 5 rings (SSSR count). The lowest BCUT2D eigenvalue weighted by molar-refractivity contribution is -0.137. The molecular weight excluding hydrogens is 477 g/mol. The highest BCUT2D eigenvalue weighted by Gasteiger charge is 2.40. The summed E-state index contributed by atoms with van der Waals surface area (Å²) >= 11 is 0. The zero-order valence-corrected chi connectivity index (χ0v) is 19.1. The molecule has 0 atom stereocenters. The van der Waals surface area contributed by atoms with Crippen LogP contribution in [0.1, 0.15) is 30.9 Å². The van der Waals surface area contributed by atoms with Crippen molar-refractivity contribution in [3.8, 4) is 11.5 Å². The first kappa shape index (κ1) is 23.3. The van der Waals surface area contributed by atoms with E-state index in [4.69, 9.17) is 4.74 Å². The Labute approximate surface area is 202 Å². The summed E-state index contributed by atoms with van der Waals surface area (Å²) in [6.07, 6.45) is 0.329. The molecule has 9 nitrogen and oxygen atoms in total. The zero-order chi connectivity index (χ0) is 25.6. The molecule has 3 aromatic heterocycles. The van der Waals surface area contributed by atoms with Gasteiger partial charge in [0, 0.05) is 12.4 Å². The summed E-state index contributed by atoms with van der Waals surface area (Å²) in [5.74, 6) is 0.425. The minimum Gasteiger partial charge on any atom is -0.456 e. The number of halogens is 3. The molecule has 4 aromatic rings. The Kier molecular flexibility index (Phi) is 5.58. The van der Waals surface area contributed by atoms with Gasteiger partial charge >= 0.3 is 12.2 Å². The third-order valence-corrected chi connectivity index (χ3v) is 5.74. The van der Waals surface area contributed by atoms with Crippen LogP contribution in [0.15, 0.2) is 55.1 Å². The molecular formula is C24H19F3N6O3. The monoisotopic (exact) mass is 496 g/mol. The fourth-order valence-electron chi connectivity index (χ4n) is 3.94. The van der Waals surface area contributed by atoms with Gasteiger partial charge in [-0.25, -0.2) is 14.7 Å². The molecule has 1 aliphatic heterocycles. The van der Waals surface area contributed by atoms with Gasteiger partial charge < -0.3 is 4.74 Å². The van der Waals surface area contributed by atoms with Crippen LogP contribution in [-0.2, 0) is 11.0 Å². The second kappa shape index (κ2) is 8.63. The molecule has 36 heavy (non-hydrogen) atoms. The first-order valence-corrected chi connectivity index (χ1v) is 10.9. The number of alkyl halides is 3. The smallest absolute Gasteiger partial charge is 0.417 e. The highest BCUT2D eigenvalue weighted by molar-refractivity contribution is 6.27. The molecule has 12 heteroatoms. The molecule has 1 fully saturated rings. The third kappa shape index (κ3) is 4.10. The van der Waals surface area contributed by atoms with E-state index in [0.29, 0.717) is 28.7 Å². The van der Waals surface area contributed by atoms with Crippen molar-refractivity contribution in [3.63, 3.8) is 0 Å². The van der Waals surface area contributed by atoms with Gasteiger partial charge in [-0.2, -0.15) is 18.3 Å². The Balaban J connectivity index is 1.46. The number of fused-ring (bicyclic) bond motifs is 1. The number of anilines is 2. The van der Waals surface area contributed by atoms with Crippen molar-refractivity contribution in [1.82, 2.24) is 20.2 Å². The van der Waals surface area contributed by atoms with Crippen molar-refractivity contribution in [2.75, 3.05) is 16.3 Å². The summed E-state index contributed by atoms with van der Waals surface area (Å²) in [6, 6.07) is 6.59. The van der Waals surface area contributed by atoms with Crippen LogP contribution in [0, 0.1) is 0 Å². The van der Waals surface area contributed by atoms with E-state index in [1.807, 2.05) is 13.8 Å². The number of imide groups is 1. The van der Waals surface area contributed by atoms with Crippen LogP contribution in [0.4, 0.5) is 29.3 Å². The van der Waals surface area contributed by atoms with E-state index in [1.165, 1.54) is 0 Å². The van der Waals surface area contributed by atoms with Crippen molar-refractivity contribution in [1.29, 1.82) is 0 Å². The van der Waals surface area contributed by atoms with Crippen LogP contribution in [0.2, 0.25) is 0 Å². The zero-order valence-electron chi connectivity index (χ0n) is 19.1. The summed E-state index contributed by atoms with van der Waals surface area (Å²) in [5.41, 5.74) is 0.446. The van der Waals surface area contributed by atoms with E-state index in [9.17, 15) is 22.8 Å². The van der Waals surface area contributed by atoms with Gasteiger partial charge in [-0.3, -0.25) is 19.8 Å². The summed E-state index contributed by atoms with van der Waals surface area (Å²) in [6.45, 7) is 3.45. The maximum atomic E-state index is 13.1. The van der Waals surface area contributed by atoms with Gasteiger partial charge in [-0.15, -0.1) is 0 Å². The number of nitrogens with zero attached hydrogens (tertiary/aromatic N) is 5. The van der Waals surface area contributed by atoms with Gasteiger partial charge in [-0.05, 0) is 41.8 Å². The molecule has 0 saturated carbocycles. The predicted molar refractivity (Wildman–Crippen MR) is 124 cm³/mol. The van der Waals surface area contributed by atoms with E-state index in [1.54, 1.807) is 36.7 Å². The van der Waals surface area contributed by atoms with Gasteiger partial charge in [-0.1, -0.05) is 13.8 Å². The molecule has 0 unspecified atom stereocenters. The van der Waals surface area contributed by atoms with Crippen molar-refractivity contribution in [2.45, 2.75) is 25.9 Å². The number of carbonyl (C=O) groups is 2. The number of aromatic amines is 1. The van der Waals surface area contributed by atoms with E-state index >= 15 is 0 Å². The number of amides is 3. The number of ether oxygens (including phenoxy) is 1. The summed E-state index contributed by atoms with van der Waals surface area (Å²) in [4.78, 5) is 35.6. The van der Waals surface area contributed by atoms with Gasteiger partial charge in [0.05, 0.1) is 34.7 Å². The number of rotatable bonds is 5. The Morgan fingerprint density at radius 1 is 1.03 bits per heavy atom. The standard InChI is InChI=1S/C24H19F3N6O3/c1-13(2)17-8-15(3-4-19(17)36-20-5-6-29-22-18(20)11-30-31-22)33-21(34)12-32(23(33)35)16-7-14(9-28-10-16)24(25,26)27/h3-11,13H,12H2,1-2H3,(H,29,30,31). The molecule has 0 bridgehead atoms. The normalized spacial score (nSPS) is 14.4. The fraction of sp³-hybridized carbons (Fsp3) is 0.208. The minimum absolute atomic E-state index is 0.0433. The van der Waals surface area contributed by atoms with Crippen molar-refractivity contribution < 1.29 is 27.5 Å². The summed E-state index contributed by atoms with van der Waals surface area (Å²) in [5, 5.41) is 7.44. The number of carbonyl (C=O) groups excluding carboxylic acids is 2. The maximum Gasteiger partial charge on any atom is 0.417 e. The van der Waals surface area contributed by atoms with Gasteiger partial charge in [0.25, 0.3) is 5.91 Å². The second-order valence-corrected chi connectivity index (χ2v) is 8.45. The Bertz CT molecular complexity index is 1480. The van der Waals surface area contributed by atoms with E-state index in [0.717, 1.165) is 27.6 Å². The summed E-state index contributed by atoms with van der Waals surface area (Å²) < 4.78 is 45.5. The molecule has 0 spiro atoms.